The minimum absolute atomic E-state index is 0.116. The number of rotatable bonds is 6. The van der Waals surface area contributed by atoms with Gasteiger partial charge in [-0.1, -0.05) is 47.8 Å². The van der Waals surface area contributed by atoms with Crippen LogP contribution in [0, 0.1) is 0 Å². The summed E-state index contributed by atoms with van der Waals surface area (Å²) in [7, 11) is 0. The van der Waals surface area contributed by atoms with E-state index < -0.39 is 0 Å². The van der Waals surface area contributed by atoms with Gasteiger partial charge in [-0.3, -0.25) is 0 Å². The van der Waals surface area contributed by atoms with Crippen molar-refractivity contribution < 1.29 is 9.84 Å². The second-order valence-corrected chi connectivity index (χ2v) is 5.98. The molecule has 0 aliphatic rings. The number of nitrogens with one attached hydrogen (secondary N) is 1. The monoisotopic (exact) mass is 359 g/mol. The number of phenols is 1. The molecule has 22 heavy (non-hydrogen) atoms. The molecule has 0 saturated heterocycles. The fourth-order valence-corrected chi connectivity index (χ4v) is 2.60. The highest BCUT2D eigenvalue weighted by Crippen LogP contribution is 2.35. The number of ether oxygens (including phenoxy) is 1. The Balaban J connectivity index is 2.04. The van der Waals surface area contributed by atoms with Gasteiger partial charge in [-0.15, -0.1) is 0 Å². The first-order valence-corrected chi connectivity index (χ1v) is 7.97. The van der Waals surface area contributed by atoms with E-state index in [0.717, 1.165) is 17.7 Å². The van der Waals surface area contributed by atoms with E-state index in [2.05, 4.69) is 5.32 Å². The maximum Gasteiger partial charge on any atom is 0.152 e. The van der Waals surface area contributed by atoms with Crippen LogP contribution in [-0.2, 0) is 6.54 Å². The zero-order valence-electron chi connectivity index (χ0n) is 12.0. The lowest BCUT2D eigenvalue weighted by Crippen LogP contribution is -2.01. The number of anilines is 1. The van der Waals surface area contributed by atoms with E-state index in [-0.39, 0.29) is 15.8 Å². The summed E-state index contributed by atoms with van der Waals surface area (Å²) >= 11 is 18.0. The van der Waals surface area contributed by atoms with Crippen LogP contribution in [0.3, 0.4) is 0 Å². The van der Waals surface area contributed by atoms with Gasteiger partial charge in [0.15, 0.2) is 5.75 Å². The first kappa shape index (κ1) is 17.1. The van der Waals surface area contributed by atoms with Gasteiger partial charge in [0.1, 0.15) is 5.75 Å². The highest BCUT2D eigenvalue weighted by molar-refractivity contribution is 6.37. The molecule has 6 heteroatoms. The summed E-state index contributed by atoms with van der Waals surface area (Å²) in [6, 6.07) is 8.87. The van der Waals surface area contributed by atoms with Gasteiger partial charge in [-0.2, -0.15) is 0 Å². The van der Waals surface area contributed by atoms with Crippen LogP contribution < -0.4 is 10.1 Å². The normalized spacial score (nSPS) is 10.5. The van der Waals surface area contributed by atoms with Gasteiger partial charge in [-0.05, 0) is 36.2 Å². The standard InChI is InChI=1S/C16H16Cl3NO2/c1-2-5-22-15-4-3-10(6-12(15)17)9-20-11-7-13(18)16(21)14(19)8-11/h3-4,6-8,20-21H,2,5,9H2,1H3. The van der Waals surface area contributed by atoms with Crippen molar-refractivity contribution in [2.24, 2.45) is 0 Å². The average Bonchev–Trinajstić information content (AvgIpc) is 2.49. The van der Waals surface area contributed by atoms with Crippen molar-refractivity contribution in [1.82, 2.24) is 0 Å². The molecule has 0 spiro atoms. The topological polar surface area (TPSA) is 41.5 Å². The van der Waals surface area contributed by atoms with E-state index >= 15 is 0 Å². The van der Waals surface area contributed by atoms with Crippen LogP contribution in [0.15, 0.2) is 30.3 Å². The Kier molecular flexibility index (Phi) is 6.07. The highest BCUT2D eigenvalue weighted by Gasteiger charge is 2.07. The smallest absolute Gasteiger partial charge is 0.152 e. The first-order chi connectivity index (χ1) is 10.5. The maximum absolute atomic E-state index is 9.53. The number of phenolic OH excluding ortho intramolecular Hbond substituents is 1. The molecule has 0 amide bonds. The molecule has 0 unspecified atom stereocenters. The Morgan fingerprint density at radius 1 is 1.05 bits per heavy atom. The summed E-state index contributed by atoms with van der Waals surface area (Å²) in [4.78, 5) is 0. The molecule has 2 aromatic carbocycles. The Bertz CT molecular complexity index is 639. The Hall–Kier alpha value is -1.29. The fraction of sp³-hybridized carbons (Fsp3) is 0.250. The van der Waals surface area contributed by atoms with Crippen LogP contribution in [0.2, 0.25) is 15.1 Å². The zero-order valence-corrected chi connectivity index (χ0v) is 14.3. The van der Waals surface area contributed by atoms with Gasteiger partial charge in [0.05, 0.1) is 21.7 Å². The third kappa shape index (κ3) is 4.35. The van der Waals surface area contributed by atoms with Gasteiger partial charge in [0.2, 0.25) is 0 Å². The van der Waals surface area contributed by atoms with E-state index in [1.165, 1.54) is 0 Å². The molecule has 0 aromatic heterocycles. The van der Waals surface area contributed by atoms with Crippen molar-refractivity contribution >= 4 is 40.5 Å². The summed E-state index contributed by atoms with van der Waals surface area (Å²) < 4.78 is 5.53. The Morgan fingerprint density at radius 2 is 1.73 bits per heavy atom. The number of benzene rings is 2. The molecule has 0 aliphatic heterocycles. The number of hydrogen-bond donors (Lipinski definition) is 2. The Morgan fingerprint density at radius 3 is 2.32 bits per heavy atom. The molecule has 0 atom stereocenters. The van der Waals surface area contributed by atoms with Gasteiger partial charge < -0.3 is 15.2 Å². The lowest BCUT2D eigenvalue weighted by molar-refractivity contribution is 0.317. The molecule has 0 aliphatic carbocycles. The molecular weight excluding hydrogens is 345 g/mol. The average molecular weight is 361 g/mol. The highest BCUT2D eigenvalue weighted by atomic mass is 35.5. The van der Waals surface area contributed by atoms with E-state index in [1.807, 2.05) is 25.1 Å². The molecule has 118 valence electrons. The van der Waals surface area contributed by atoms with Crippen LogP contribution >= 0.6 is 34.8 Å². The lowest BCUT2D eigenvalue weighted by Gasteiger charge is -2.11. The molecule has 0 saturated carbocycles. The van der Waals surface area contributed by atoms with Gasteiger partial charge in [-0.25, -0.2) is 0 Å². The van der Waals surface area contributed by atoms with Crippen LogP contribution in [0.5, 0.6) is 11.5 Å². The van der Waals surface area contributed by atoms with Gasteiger partial charge in [0, 0.05) is 12.2 Å². The molecule has 0 fully saturated rings. The third-order valence-electron chi connectivity index (χ3n) is 2.97. The molecule has 0 bridgehead atoms. The minimum atomic E-state index is -0.116. The van der Waals surface area contributed by atoms with Crippen molar-refractivity contribution in [3.63, 3.8) is 0 Å². The second-order valence-electron chi connectivity index (χ2n) is 4.76. The molecule has 2 aromatic rings. The third-order valence-corrected chi connectivity index (χ3v) is 3.84. The predicted molar refractivity (Wildman–Crippen MR) is 92.7 cm³/mol. The summed E-state index contributed by atoms with van der Waals surface area (Å²) in [5.41, 5.74) is 1.71. The maximum atomic E-state index is 9.53. The first-order valence-electron chi connectivity index (χ1n) is 6.84. The molecule has 0 heterocycles. The quantitative estimate of drug-likeness (QED) is 0.644. The molecule has 2 rings (SSSR count). The SMILES string of the molecule is CCCOc1ccc(CNc2cc(Cl)c(O)c(Cl)c2)cc1Cl. The van der Waals surface area contributed by atoms with Gasteiger partial charge in [0.25, 0.3) is 0 Å². The zero-order chi connectivity index (χ0) is 16.1. The van der Waals surface area contributed by atoms with E-state index in [0.29, 0.717) is 23.9 Å². The summed E-state index contributed by atoms with van der Waals surface area (Å²) in [5.74, 6) is 0.567. The van der Waals surface area contributed by atoms with Crippen LogP contribution in [0.1, 0.15) is 18.9 Å². The van der Waals surface area contributed by atoms with Crippen molar-refractivity contribution in [3.8, 4) is 11.5 Å². The van der Waals surface area contributed by atoms with Crippen molar-refractivity contribution in [2.75, 3.05) is 11.9 Å². The van der Waals surface area contributed by atoms with Crippen molar-refractivity contribution in [2.45, 2.75) is 19.9 Å². The number of aromatic hydroxyl groups is 1. The molecule has 2 N–H and O–H groups in total. The number of halogens is 3. The predicted octanol–water partition coefficient (Wildman–Crippen LogP) is 5.75. The fourth-order valence-electron chi connectivity index (χ4n) is 1.86. The lowest BCUT2D eigenvalue weighted by atomic mass is 10.2. The summed E-state index contributed by atoms with van der Waals surface area (Å²) in [6.07, 6.45) is 0.933. The van der Waals surface area contributed by atoms with Crippen LogP contribution in [0.4, 0.5) is 5.69 Å². The van der Waals surface area contributed by atoms with E-state index in [9.17, 15) is 5.11 Å². The molecule has 0 radical (unpaired) electrons. The van der Waals surface area contributed by atoms with Crippen LogP contribution in [-0.4, -0.2) is 11.7 Å². The Labute approximate surface area is 144 Å². The van der Waals surface area contributed by atoms with Gasteiger partial charge >= 0.3 is 0 Å². The van der Waals surface area contributed by atoms with Crippen molar-refractivity contribution in [1.29, 1.82) is 0 Å². The van der Waals surface area contributed by atoms with Crippen molar-refractivity contribution in [3.05, 3.63) is 51.0 Å². The van der Waals surface area contributed by atoms with E-state index in [1.54, 1.807) is 12.1 Å². The summed E-state index contributed by atoms with van der Waals surface area (Å²) in [5, 5.41) is 13.7. The van der Waals surface area contributed by atoms with Crippen LogP contribution in [0.25, 0.3) is 0 Å². The summed E-state index contributed by atoms with van der Waals surface area (Å²) in [6.45, 7) is 3.23. The number of hydrogen-bond acceptors (Lipinski definition) is 3. The molecule has 3 nitrogen and oxygen atoms in total. The second kappa shape index (κ2) is 7.82. The molecular formula is C16H16Cl3NO2. The minimum Gasteiger partial charge on any atom is -0.505 e. The largest absolute Gasteiger partial charge is 0.505 e. The van der Waals surface area contributed by atoms with E-state index in [4.69, 9.17) is 39.5 Å².